The Balaban J connectivity index is 2.41. The van der Waals surface area contributed by atoms with Crippen molar-refractivity contribution in [2.24, 2.45) is 0 Å². The Labute approximate surface area is 109 Å². The highest BCUT2D eigenvalue weighted by Gasteiger charge is 2.15. The summed E-state index contributed by atoms with van der Waals surface area (Å²) in [5.41, 5.74) is 0. The summed E-state index contributed by atoms with van der Waals surface area (Å²) in [6.07, 6.45) is 0. The Morgan fingerprint density at radius 3 is 2.12 bits per heavy atom. The first-order valence-corrected chi connectivity index (χ1v) is 7.96. The molecule has 0 saturated carbocycles. The van der Waals surface area contributed by atoms with E-state index < -0.39 is 9.05 Å². The van der Waals surface area contributed by atoms with Gasteiger partial charge in [0, 0.05) is 20.5 Å². The van der Waals surface area contributed by atoms with E-state index in [9.17, 15) is 8.42 Å². The van der Waals surface area contributed by atoms with Gasteiger partial charge in [-0.3, -0.25) is 0 Å². The van der Waals surface area contributed by atoms with E-state index in [1.807, 2.05) is 30.3 Å². The molecule has 0 amide bonds. The first-order chi connectivity index (χ1) is 8.07. The van der Waals surface area contributed by atoms with Crippen molar-refractivity contribution in [1.82, 2.24) is 0 Å². The van der Waals surface area contributed by atoms with Crippen molar-refractivity contribution in [1.29, 1.82) is 0 Å². The molecule has 0 aromatic heterocycles. The minimum Gasteiger partial charge on any atom is -0.207 e. The van der Waals surface area contributed by atoms with E-state index in [4.69, 9.17) is 10.7 Å². The lowest BCUT2D eigenvalue weighted by molar-refractivity contribution is 0.608. The molecular formula is C12H9ClO2S2. The van der Waals surface area contributed by atoms with Crippen molar-refractivity contribution in [2.45, 2.75) is 14.7 Å². The Morgan fingerprint density at radius 2 is 1.47 bits per heavy atom. The minimum absolute atomic E-state index is 0.149. The van der Waals surface area contributed by atoms with Crippen molar-refractivity contribution >= 4 is 31.5 Å². The standard InChI is InChI=1S/C12H9ClO2S2/c13-17(14,15)12-9-5-4-8-11(12)16-10-6-2-1-3-7-10/h1-9H. The Morgan fingerprint density at radius 1 is 0.882 bits per heavy atom. The van der Waals surface area contributed by atoms with Gasteiger partial charge in [0.25, 0.3) is 9.05 Å². The molecule has 2 rings (SSSR count). The van der Waals surface area contributed by atoms with E-state index in [0.29, 0.717) is 4.90 Å². The predicted octanol–water partition coefficient (Wildman–Crippen LogP) is 3.77. The summed E-state index contributed by atoms with van der Waals surface area (Å²) < 4.78 is 22.8. The van der Waals surface area contributed by atoms with Crippen LogP contribution < -0.4 is 0 Å². The van der Waals surface area contributed by atoms with Gasteiger partial charge in [0.1, 0.15) is 0 Å². The summed E-state index contributed by atoms with van der Waals surface area (Å²) >= 11 is 1.38. The molecule has 0 bridgehead atoms. The van der Waals surface area contributed by atoms with Gasteiger partial charge < -0.3 is 0 Å². The van der Waals surface area contributed by atoms with Crippen molar-refractivity contribution in [2.75, 3.05) is 0 Å². The van der Waals surface area contributed by atoms with Gasteiger partial charge in [-0.1, -0.05) is 42.1 Å². The quantitative estimate of drug-likeness (QED) is 0.805. The summed E-state index contributed by atoms with van der Waals surface area (Å²) in [6, 6.07) is 16.3. The van der Waals surface area contributed by atoms with Crippen molar-refractivity contribution in [3.05, 3.63) is 54.6 Å². The highest BCUT2D eigenvalue weighted by Crippen LogP contribution is 2.33. The normalized spacial score (nSPS) is 11.4. The highest BCUT2D eigenvalue weighted by atomic mass is 35.7. The first-order valence-electron chi connectivity index (χ1n) is 4.84. The second-order valence-corrected chi connectivity index (χ2v) is 6.95. The maximum atomic E-state index is 11.4. The fourth-order valence-corrected chi connectivity index (χ4v) is 3.76. The van der Waals surface area contributed by atoms with Crippen molar-refractivity contribution < 1.29 is 8.42 Å². The SMILES string of the molecule is O=S(=O)(Cl)c1ccccc1Sc1ccccc1. The van der Waals surface area contributed by atoms with Crippen LogP contribution in [0.15, 0.2) is 69.3 Å². The largest absolute Gasteiger partial charge is 0.262 e. The van der Waals surface area contributed by atoms with E-state index in [0.717, 1.165) is 4.90 Å². The molecule has 0 aliphatic carbocycles. The smallest absolute Gasteiger partial charge is 0.207 e. The van der Waals surface area contributed by atoms with E-state index >= 15 is 0 Å². The van der Waals surface area contributed by atoms with Gasteiger partial charge in [0.2, 0.25) is 0 Å². The molecule has 0 aliphatic heterocycles. The lowest BCUT2D eigenvalue weighted by Crippen LogP contribution is -1.92. The van der Waals surface area contributed by atoms with Gasteiger partial charge in [-0.25, -0.2) is 8.42 Å². The zero-order valence-corrected chi connectivity index (χ0v) is 11.1. The third kappa shape index (κ3) is 3.25. The van der Waals surface area contributed by atoms with E-state index in [2.05, 4.69) is 0 Å². The fraction of sp³-hybridized carbons (Fsp3) is 0. The van der Waals surface area contributed by atoms with Gasteiger partial charge in [-0.2, -0.15) is 0 Å². The lowest BCUT2D eigenvalue weighted by atomic mass is 10.4. The monoisotopic (exact) mass is 284 g/mol. The molecule has 0 radical (unpaired) electrons. The Bertz CT molecular complexity index is 609. The van der Waals surface area contributed by atoms with Crippen LogP contribution in [0.25, 0.3) is 0 Å². The van der Waals surface area contributed by atoms with Gasteiger partial charge >= 0.3 is 0 Å². The molecule has 0 spiro atoms. The topological polar surface area (TPSA) is 34.1 Å². The molecule has 2 nitrogen and oxygen atoms in total. The van der Waals surface area contributed by atoms with Crippen LogP contribution in [0.1, 0.15) is 0 Å². The zero-order valence-electron chi connectivity index (χ0n) is 8.71. The molecule has 17 heavy (non-hydrogen) atoms. The van der Waals surface area contributed by atoms with Crippen LogP contribution >= 0.6 is 22.4 Å². The minimum atomic E-state index is -3.70. The van der Waals surface area contributed by atoms with Crippen LogP contribution in [-0.4, -0.2) is 8.42 Å². The second-order valence-electron chi connectivity index (χ2n) is 3.30. The maximum absolute atomic E-state index is 11.4. The zero-order chi connectivity index (χ0) is 12.3. The number of halogens is 1. The highest BCUT2D eigenvalue weighted by molar-refractivity contribution is 8.14. The van der Waals surface area contributed by atoms with Crippen LogP contribution in [0.4, 0.5) is 0 Å². The molecule has 88 valence electrons. The molecule has 2 aromatic rings. The average Bonchev–Trinajstić information content (AvgIpc) is 2.30. The summed E-state index contributed by atoms with van der Waals surface area (Å²) in [4.78, 5) is 1.75. The van der Waals surface area contributed by atoms with Crippen LogP contribution in [0.2, 0.25) is 0 Å². The lowest BCUT2D eigenvalue weighted by Gasteiger charge is -2.05. The summed E-state index contributed by atoms with van der Waals surface area (Å²) in [7, 11) is 1.69. The molecule has 0 aliphatic rings. The van der Waals surface area contributed by atoms with E-state index in [1.165, 1.54) is 17.8 Å². The van der Waals surface area contributed by atoms with Gasteiger partial charge in [-0.15, -0.1) is 0 Å². The third-order valence-electron chi connectivity index (χ3n) is 2.08. The van der Waals surface area contributed by atoms with Crippen LogP contribution in [0.5, 0.6) is 0 Å². The molecule has 0 fully saturated rings. The molecule has 5 heteroatoms. The molecular weight excluding hydrogens is 276 g/mol. The van der Waals surface area contributed by atoms with Crippen LogP contribution in [0, 0.1) is 0 Å². The molecule has 0 heterocycles. The Hall–Kier alpha value is -0.970. The third-order valence-corrected chi connectivity index (χ3v) is 4.68. The maximum Gasteiger partial charge on any atom is 0.262 e. The summed E-state index contributed by atoms with van der Waals surface area (Å²) in [6.45, 7) is 0. The van der Waals surface area contributed by atoms with Crippen LogP contribution in [-0.2, 0) is 9.05 Å². The predicted molar refractivity (Wildman–Crippen MR) is 70.0 cm³/mol. The number of rotatable bonds is 3. The number of hydrogen-bond donors (Lipinski definition) is 0. The van der Waals surface area contributed by atoms with Crippen molar-refractivity contribution in [3.63, 3.8) is 0 Å². The number of hydrogen-bond acceptors (Lipinski definition) is 3. The van der Waals surface area contributed by atoms with E-state index in [1.54, 1.807) is 18.2 Å². The molecule has 2 aromatic carbocycles. The van der Waals surface area contributed by atoms with Crippen LogP contribution in [0.3, 0.4) is 0 Å². The number of benzene rings is 2. The summed E-state index contributed by atoms with van der Waals surface area (Å²) in [5.74, 6) is 0. The Kier molecular flexibility index (Phi) is 3.76. The second kappa shape index (κ2) is 5.12. The van der Waals surface area contributed by atoms with Gasteiger partial charge in [0.15, 0.2) is 0 Å². The van der Waals surface area contributed by atoms with Crippen molar-refractivity contribution in [3.8, 4) is 0 Å². The van der Waals surface area contributed by atoms with E-state index in [-0.39, 0.29) is 4.90 Å². The van der Waals surface area contributed by atoms with Gasteiger partial charge in [0.05, 0.1) is 4.90 Å². The molecule has 0 N–H and O–H groups in total. The molecule has 0 unspecified atom stereocenters. The molecule has 0 saturated heterocycles. The molecule has 0 atom stereocenters. The fourth-order valence-electron chi connectivity index (χ4n) is 1.35. The van der Waals surface area contributed by atoms with Gasteiger partial charge in [-0.05, 0) is 24.3 Å². The summed E-state index contributed by atoms with van der Waals surface area (Å²) in [5, 5.41) is 0. The first kappa shape index (κ1) is 12.5. The average molecular weight is 285 g/mol.